The number of anilines is 1. The molecule has 0 bridgehead atoms. The molecule has 1 aliphatic rings. The van der Waals surface area contributed by atoms with Gasteiger partial charge >= 0.3 is 6.18 Å². The van der Waals surface area contributed by atoms with E-state index in [-0.39, 0.29) is 33.8 Å². The second-order valence-electron chi connectivity index (χ2n) is 7.71. The quantitative estimate of drug-likeness (QED) is 0.329. The third-order valence-electron chi connectivity index (χ3n) is 5.05. The molecule has 1 N–H and O–H groups in total. The minimum atomic E-state index is -4.56. The second kappa shape index (κ2) is 10.1. The number of thioether (sulfide) groups is 2. The molecule has 0 spiro atoms. The lowest BCUT2D eigenvalue weighted by atomic mass is 10.2. The van der Waals surface area contributed by atoms with E-state index in [1.54, 1.807) is 0 Å². The Bertz CT molecular complexity index is 1280. The molecular formula is C23H19ClF3N3O2S2. The van der Waals surface area contributed by atoms with Crippen LogP contribution in [-0.2, 0) is 23.9 Å². The van der Waals surface area contributed by atoms with Gasteiger partial charge in [-0.3, -0.25) is 14.2 Å². The number of rotatable bonds is 6. The first-order valence-corrected chi connectivity index (χ1v) is 12.5. The molecule has 0 saturated carbocycles. The molecule has 1 aliphatic heterocycles. The Labute approximate surface area is 207 Å². The lowest BCUT2D eigenvalue weighted by Crippen LogP contribution is -2.26. The molecule has 1 amide bonds. The van der Waals surface area contributed by atoms with Gasteiger partial charge < -0.3 is 5.32 Å². The summed E-state index contributed by atoms with van der Waals surface area (Å²) >= 11 is 8.52. The van der Waals surface area contributed by atoms with E-state index in [9.17, 15) is 22.8 Å². The highest BCUT2D eigenvalue weighted by Crippen LogP contribution is 2.35. The fourth-order valence-electron chi connectivity index (χ4n) is 3.46. The van der Waals surface area contributed by atoms with Crippen molar-refractivity contribution in [3.8, 4) is 0 Å². The number of hydrogen-bond acceptors (Lipinski definition) is 5. The number of halogens is 4. The van der Waals surface area contributed by atoms with Crippen LogP contribution < -0.4 is 10.9 Å². The molecule has 5 nitrogen and oxygen atoms in total. The van der Waals surface area contributed by atoms with Gasteiger partial charge in [0.2, 0.25) is 5.91 Å². The third-order valence-corrected chi connectivity index (χ3v) is 7.57. The third kappa shape index (κ3) is 5.61. The summed E-state index contributed by atoms with van der Waals surface area (Å²) in [6.07, 6.45) is -3.91. The first-order valence-electron chi connectivity index (χ1n) is 10.3. The lowest BCUT2D eigenvalue weighted by molar-refractivity contribution is -0.137. The SMILES string of the molecule is C[C@H]1Cc2nc(SCC(=O)Nc3cc(C(F)(F)F)ccc3Cl)n(Cc3ccccc3)c(=O)c2S1. The van der Waals surface area contributed by atoms with Crippen molar-refractivity contribution in [1.29, 1.82) is 0 Å². The molecule has 2 heterocycles. The largest absolute Gasteiger partial charge is 0.416 e. The first kappa shape index (κ1) is 24.7. The van der Waals surface area contributed by atoms with Gasteiger partial charge in [-0.15, -0.1) is 11.8 Å². The molecule has 2 aromatic carbocycles. The predicted octanol–water partition coefficient (Wildman–Crippen LogP) is 5.73. The highest BCUT2D eigenvalue weighted by Gasteiger charge is 2.31. The smallest absolute Gasteiger partial charge is 0.324 e. The zero-order chi connectivity index (χ0) is 24.5. The molecule has 0 aliphatic carbocycles. The second-order valence-corrected chi connectivity index (χ2v) is 10.5. The molecule has 0 saturated heterocycles. The Balaban J connectivity index is 1.56. The number of carbonyl (C=O) groups excluding carboxylic acids is 1. The molecule has 178 valence electrons. The molecule has 4 rings (SSSR count). The Morgan fingerprint density at radius 2 is 2.00 bits per heavy atom. The highest BCUT2D eigenvalue weighted by molar-refractivity contribution is 8.00. The maximum atomic E-state index is 13.2. The molecule has 0 radical (unpaired) electrons. The van der Waals surface area contributed by atoms with Crippen LogP contribution in [0.3, 0.4) is 0 Å². The van der Waals surface area contributed by atoms with Gasteiger partial charge in [-0.25, -0.2) is 4.98 Å². The molecule has 1 aromatic heterocycles. The van der Waals surface area contributed by atoms with Gasteiger partial charge in [-0.05, 0) is 23.8 Å². The summed E-state index contributed by atoms with van der Waals surface area (Å²) in [5.74, 6) is -0.718. The van der Waals surface area contributed by atoms with Gasteiger partial charge in [0, 0.05) is 11.7 Å². The maximum Gasteiger partial charge on any atom is 0.416 e. The standard InChI is InChI=1S/C23H19ClF3N3O2S2/c1-13-9-18-20(34-13)21(32)30(11-14-5-3-2-4-6-14)22(29-18)33-12-19(31)28-17-10-15(23(25,26)27)7-8-16(17)24/h2-8,10,13H,9,11-12H2,1H3,(H,28,31)/t13-/m0/s1. The minimum Gasteiger partial charge on any atom is -0.324 e. The van der Waals surface area contributed by atoms with E-state index >= 15 is 0 Å². The fraction of sp³-hybridized carbons (Fsp3) is 0.261. The molecule has 0 fully saturated rings. The Morgan fingerprint density at radius 3 is 2.71 bits per heavy atom. The zero-order valence-electron chi connectivity index (χ0n) is 17.9. The number of nitrogens with zero attached hydrogens (tertiary/aromatic N) is 2. The molecule has 34 heavy (non-hydrogen) atoms. The van der Waals surface area contributed by atoms with Crippen LogP contribution in [-0.4, -0.2) is 26.5 Å². The van der Waals surface area contributed by atoms with Crippen molar-refractivity contribution in [3.05, 3.63) is 80.7 Å². The topological polar surface area (TPSA) is 64.0 Å². The first-order chi connectivity index (χ1) is 16.1. The van der Waals surface area contributed by atoms with Gasteiger partial charge in [0.05, 0.1) is 39.2 Å². The number of nitrogens with one attached hydrogen (secondary N) is 1. The van der Waals surface area contributed by atoms with Crippen LogP contribution in [0, 0.1) is 0 Å². The average Bonchev–Trinajstić information content (AvgIpc) is 3.16. The summed E-state index contributed by atoms with van der Waals surface area (Å²) in [6.45, 7) is 2.31. The van der Waals surface area contributed by atoms with E-state index in [1.165, 1.54) is 16.3 Å². The molecule has 0 unspecified atom stereocenters. The number of aromatic nitrogens is 2. The minimum absolute atomic E-state index is 0.00555. The molecular weight excluding hydrogens is 507 g/mol. The normalized spacial score (nSPS) is 15.3. The van der Waals surface area contributed by atoms with E-state index in [0.717, 1.165) is 35.5 Å². The number of fused-ring (bicyclic) bond motifs is 1. The van der Waals surface area contributed by atoms with Crippen molar-refractivity contribution >= 4 is 46.7 Å². The van der Waals surface area contributed by atoms with Crippen molar-refractivity contribution in [2.75, 3.05) is 11.1 Å². The van der Waals surface area contributed by atoms with Crippen molar-refractivity contribution in [2.45, 2.75) is 41.4 Å². The summed E-state index contributed by atoms with van der Waals surface area (Å²) in [7, 11) is 0. The van der Waals surface area contributed by atoms with Crippen LogP contribution in [0.25, 0.3) is 0 Å². The number of carbonyl (C=O) groups is 1. The van der Waals surface area contributed by atoms with Crippen LogP contribution >= 0.6 is 35.1 Å². The molecule has 1 atom stereocenters. The van der Waals surface area contributed by atoms with E-state index in [2.05, 4.69) is 10.3 Å². The van der Waals surface area contributed by atoms with Gasteiger partial charge in [-0.2, -0.15) is 13.2 Å². The summed E-state index contributed by atoms with van der Waals surface area (Å²) in [6, 6.07) is 12.1. The van der Waals surface area contributed by atoms with Crippen molar-refractivity contribution in [3.63, 3.8) is 0 Å². The van der Waals surface area contributed by atoms with E-state index < -0.39 is 17.6 Å². The Hall–Kier alpha value is -2.43. The van der Waals surface area contributed by atoms with E-state index in [1.807, 2.05) is 37.3 Å². The zero-order valence-corrected chi connectivity index (χ0v) is 20.2. The summed E-state index contributed by atoms with van der Waals surface area (Å²) < 4.78 is 40.5. The van der Waals surface area contributed by atoms with Gasteiger partial charge in [-0.1, -0.05) is 60.6 Å². The summed E-state index contributed by atoms with van der Waals surface area (Å²) in [4.78, 5) is 31.0. The number of benzene rings is 2. The fourth-order valence-corrected chi connectivity index (χ4v) is 5.56. The van der Waals surface area contributed by atoms with Crippen LogP contribution in [0.1, 0.15) is 23.7 Å². The molecule has 3 aromatic rings. The van der Waals surface area contributed by atoms with Gasteiger partial charge in [0.25, 0.3) is 5.56 Å². The van der Waals surface area contributed by atoms with Gasteiger partial charge in [0.15, 0.2) is 5.16 Å². The highest BCUT2D eigenvalue weighted by atomic mass is 35.5. The van der Waals surface area contributed by atoms with Gasteiger partial charge in [0.1, 0.15) is 0 Å². The predicted molar refractivity (Wildman–Crippen MR) is 129 cm³/mol. The van der Waals surface area contributed by atoms with Crippen LogP contribution in [0.5, 0.6) is 0 Å². The summed E-state index contributed by atoms with van der Waals surface area (Å²) in [5.41, 5.74) is 0.409. The Kier molecular flexibility index (Phi) is 7.30. The van der Waals surface area contributed by atoms with Crippen molar-refractivity contribution in [2.24, 2.45) is 0 Å². The number of hydrogen-bond donors (Lipinski definition) is 1. The Morgan fingerprint density at radius 1 is 1.26 bits per heavy atom. The number of alkyl halides is 3. The van der Waals surface area contributed by atoms with Crippen molar-refractivity contribution < 1.29 is 18.0 Å². The summed E-state index contributed by atoms with van der Waals surface area (Å²) in [5, 5.41) is 3.03. The monoisotopic (exact) mass is 525 g/mol. The average molecular weight is 526 g/mol. The number of amides is 1. The lowest BCUT2D eigenvalue weighted by Gasteiger charge is -2.14. The van der Waals surface area contributed by atoms with E-state index in [0.29, 0.717) is 22.2 Å². The van der Waals surface area contributed by atoms with Crippen molar-refractivity contribution in [1.82, 2.24) is 9.55 Å². The van der Waals surface area contributed by atoms with Crippen LogP contribution in [0.2, 0.25) is 5.02 Å². The van der Waals surface area contributed by atoms with Crippen LogP contribution in [0.15, 0.2) is 63.4 Å². The van der Waals surface area contributed by atoms with E-state index in [4.69, 9.17) is 11.6 Å². The van der Waals surface area contributed by atoms with Crippen LogP contribution in [0.4, 0.5) is 18.9 Å². The molecule has 11 heteroatoms. The maximum absolute atomic E-state index is 13.2.